The quantitative estimate of drug-likeness (QED) is 0.909. The lowest BCUT2D eigenvalue weighted by atomic mass is 10.1. The standard InChI is InChI=1S/C14H13F3N2O2S/c1-9-7-18-13(22-9)19-12(20)11(21-8-14(15,16)17)10-5-3-2-4-6-10/h2-7,11H,8H2,1H3,(H,18,19,20). The minimum absolute atomic E-state index is 0.319. The van der Waals surface area contributed by atoms with E-state index >= 15 is 0 Å². The molecule has 0 spiro atoms. The molecule has 1 heterocycles. The van der Waals surface area contributed by atoms with Gasteiger partial charge in [0.2, 0.25) is 0 Å². The van der Waals surface area contributed by atoms with E-state index in [0.717, 1.165) is 4.88 Å². The number of anilines is 1. The predicted molar refractivity (Wildman–Crippen MR) is 76.7 cm³/mol. The smallest absolute Gasteiger partial charge is 0.354 e. The summed E-state index contributed by atoms with van der Waals surface area (Å²) in [6, 6.07) is 8.02. The normalized spacial score (nSPS) is 12.9. The first-order valence-corrected chi connectivity index (χ1v) is 7.13. The highest BCUT2D eigenvalue weighted by Gasteiger charge is 2.32. The van der Waals surface area contributed by atoms with Gasteiger partial charge < -0.3 is 4.74 Å². The Morgan fingerprint density at radius 3 is 2.59 bits per heavy atom. The van der Waals surface area contributed by atoms with Gasteiger partial charge in [0.15, 0.2) is 11.2 Å². The number of aryl methyl sites for hydroxylation is 1. The van der Waals surface area contributed by atoms with Crippen molar-refractivity contribution in [2.45, 2.75) is 19.2 Å². The fourth-order valence-electron chi connectivity index (χ4n) is 1.71. The van der Waals surface area contributed by atoms with Gasteiger partial charge in [0.05, 0.1) is 0 Å². The molecule has 2 aromatic rings. The van der Waals surface area contributed by atoms with Crippen molar-refractivity contribution in [3.8, 4) is 0 Å². The second kappa shape index (κ2) is 6.89. The lowest BCUT2D eigenvalue weighted by molar-refractivity contribution is -0.187. The number of ether oxygens (including phenoxy) is 1. The third kappa shape index (κ3) is 4.81. The van der Waals surface area contributed by atoms with Gasteiger partial charge >= 0.3 is 6.18 Å². The van der Waals surface area contributed by atoms with Crippen LogP contribution in [0.25, 0.3) is 0 Å². The Morgan fingerprint density at radius 2 is 2.05 bits per heavy atom. The molecule has 0 saturated carbocycles. The number of hydrogen-bond donors (Lipinski definition) is 1. The van der Waals surface area contributed by atoms with E-state index in [9.17, 15) is 18.0 Å². The van der Waals surface area contributed by atoms with E-state index in [2.05, 4.69) is 10.3 Å². The average Bonchev–Trinajstić information content (AvgIpc) is 2.84. The summed E-state index contributed by atoms with van der Waals surface area (Å²) < 4.78 is 41.8. The maximum atomic E-state index is 12.4. The number of carbonyl (C=O) groups is 1. The number of alkyl halides is 3. The molecule has 1 aromatic heterocycles. The maximum absolute atomic E-state index is 12.4. The Hall–Kier alpha value is -1.93. The molecule has 0 aliphatic heterocycles. The van der Waals surface area contributed by atoms with E-state index < -0.39 is 24.8 Å². The van der Waals surface area contributed by atoms with Gasteiger partial charge in [0, 0.05) is 11.1 Å². The predicted octanol–water partition coefficient (Wildman–Crippen LogP) is 3.71. The number of rotatable bonds is 5. The summed E-state index contributed by atoms with van der Waals surface area (Å²) in [6.45, 7) is 0.305. The molecule has 0 aliphatic rings. The Bertz CT molecular complexity index is 629. The second-order valence-electron chi connectivity index (χ2n) is 4.48. The van der Waals surface area contributed by atoms with Crippen LogP contribution >= 0.6 is 11.3 Å². The van der Waals surface area contributed by atoms with Crippen LogP contribution in [0.4, 0.5) is 18.3 Å². The van der Waals surface area contributed by atoms with E-state index in [1.165, 1.54) is 23.5 Å². The molecule has 4 nitrogen and oxygen atoms in total. The number of aromatic nitrogens is 1. The van der Waals surface area contributed by atoms with Crippen LogP contribution in [-0.4, -0.2) is 23.7 Å². The molecule has 0 fully saturated rings. The summed E-state index contributed by atoms with van der Waals surface area (Å²) in [5, 5.41) is 2.79. The Balaban J connectivity index is 2.14. The zero-order valence-corrected chi connectivity index (χ0v) is 12.4. The number of thiazole rings is 1. The number of halogens is 3. The van der Waals surface area contributed by atoms with E-state index in [1.54, 1.807) is 24.4 Å². The van der Waals surface area contributed by atoms with Crippen molar-refractivity contribution in [3.63, 3.8) is 0 Å². The van der Waals surface area contributed by atoms with Crippen LogP contribution in [0.3, 0.4) is 0 Å². The fraction of sp³-hybridized carbons (Fsp3) is 0.286. The topological polar surface area (TPSA) is 51.2 Å². The average molecular weight is 330 g/mol. The molecule has 1 aromatic carbocycles. The number of hydrogen-bond acceptors (Lipinski definition) is 4. The first kappa shape index (κ1) is 16.4. The van der Waals surface area contributed by atoms with E-state index in [0.29, 0.717) is 10.7 Å². The largest absolute Gasteiger partial charge is 0.411 e. The van der Waals surface area contributed by atoms with Crippen molar-refractivity contribution in [2.75, 3.05) is 11.9 Å². The molecule has 1 N–H and O–H groups in total. The molecule has 8 heteroatoms. The minimum atomic E-state index is -4.51. The van der Waals surface area contributed by atoms with Gasteiger partial charge in [-0.3, -0.25) is 10.1 Å². The molecule has 2 rings (SSSR count). The second-order valence-corrected chi connectivity index (χ2v) is 5.72. The third-order valence-electron chi connectivity index (χ3n) is 2.61. The lowest BCUT2D eigenvalue weighted by Crippen LogP contribution is -2.27. The van der Waals surface area contributed by atoms with Crippen molar-refractivity contribution >= 4 is 22.4 Å². The SMILES string of the molecule is Cc1cnc(NC(=O)C(OCC(F)(F)F)c2ccccc2)s1. The van der Waals surface area contributed by atoms with Crippen molar-refractivity contribution in [1.82, 2.24) is 4.98 Å². The first-order valence-electron chi connectivity index (χ1n) is 6.32. The molecule has 0 bridgehead atoms. The third-order valence-corrected chi connectivity index (χ3v) is 3.43. The number of benzene rings is 1. The van der Waals surface area contributed by atoms with Crippen LogP contribution in [0.5, 0.6) is 0 Å². The van der Waals surface area contributed by atoms with Crippen molar-refractivity contribution in [3.05, 3.63) is 47.0 Å². The van der Waals surface area contributed by atoms with Gasteiger partial charge in [-0.05, 0) is 12.5 Å². The molecule has 1 atom stereocenters. The van der Waals surface area contributed by atoms with Crippen LogP contribution < -0.4 is 5.32 Å². The molecule has 22 heavy (non-hydrogen) atoms. The Kier molecular flexibility index (Phi) is 5.15. The Morgan fingerprint density at radius 1 is 1.36 bits per heavy atom. The first-order chi connectivity index (χ1) is 10.3. The van der Waals surface area contributed by atoms with Gasteiger partial charge in [-0.15, -0.1) is 11.3 Å². The number of amides is 1. The fourth-order valence-corrected chi connectivity index (χ4v) is 2.38. The zero-order valence-electron chi connectivity index (χ0n) is 11.6. The molecule has 0 saturated heterocycles. The Labute approximate surface area is 128 Å². The highest BCUT2D eigenvalue weighted by atomic mass is 32.1. The van der Waals surface area contributed by atoms with E-state index in [-0.39, 0.29) is 0 Å². The minimum Gasteiger partial charge on any atom is -0.354 e. The highest BCUT2D eigenvalue weighted by molar-refractivity contribution is 7.15. The van der Waals surface area contributed by atoms with Gasteiger partial charge in [-0.2, -0.15) is 13.2 Å². The number of nitrogens with zero attached hydrogens (tertiary/aromatic N) is 1. The van der Waals surface area contributed by atoms with Crippen LogP contribution in [0.2, 0.25) is 0 Å². The van der Waals surface area contributed by atoms with Crippen molar-refractivity contribution < 1.29 is 22.7 Å². The highest BCUT2D eigenvalue weighted by Crippen LogP contribution is 2.25. The summed E-state index contributed by atoms with van der Waals surface area (Å²) in [5.74, 6) is -0.690. The van der Waals surface area contributed by atoms with Gasteiger partial charge in [0.25, 0.3) is 5.91 Å². The van der Waals surface area contributed by atoms with Crippen LogP contribution in [-0.2, 0) is 9.53 Å². The van der Waals surface area contributed by atoms with Gasteiger partial charge in [-0.1, -0.05) is 30.3 Å². The lowest BCUT2D eigenvalue weighted by Gasteiger charge is -2.18. The van der Waals surface area contributed by atoms with E-state index in [4.69, 9.17) is 4.74 Å². The molecular weight excluding hydrogens is 317 g/mol. The van der Waals surface area contributed by atoms with Crippen LogP contribution in [0.15, 0.2) is 36.5 Å². The summed E-state index contributed by atoms with van der Waals surface area (Å²) in [6.07, 6.45) is -4.30. The summed E-state index contributed by atoms with van der Waals surface area (Å²) in [5.41, 5.74) is 0.345. The monoisotopic (exact) mass is 330 g/mol. The maximum Gasteiger partial charge on any atom is 0.411 e. The molecule has 0 radical (unpaired) electrons. The van der Waals surface area contributed by atoms with Crippen LogP contribution in [0.1, 0.15) is 16.5 Å². The molecule has 1 unspecified atom stereocenters. The van der Waals surface area contributed by atoms with Crippen molar-refractivity contribution in [2.24, 2.45) is 0 Å². The van der Waals surface area contributed by atoms with Gasteiger partial charge in [0.1, 0.15) is 6.61 Å². The zero-order chi connectivity index (χ0) is 16.2. The number of nitrogens with one attached hydrogen (secondary N) is 1. The summed E-state index contributed by atoms with van der Waals surface area (Å²) >= 11 is 1.23. The van der Waals surface area contributed by atoms with Crippen molar-refractivity contribution in [1.29, 1.82) is 0 Å². The summed E-state index contributed by atoms with van der Waals surface area (Å²) in [4.78, 5) is 17.0. The molecular formula is C14H13F3N2O2S. The van der Waals surface area contributed by atoms with E-state index in [1.807, 2.05) is 6.92 Å². The molecule has 118 valence electrons. The molecule has 1 amide bonds. The molecule has 0 aliphatic carbocycles. The summed E-state index contributed by atoms with van der Waals surface area (Å²) in [7, 11) is 0. The van der Waals surface area contributed by atoms with Crippen LogP contribution in [0, 0.1) is 6.92 Å². The number of carbonyl (C=O) groups excluding carboxylic acids is 1. The van der Waals surface area contributed by atoms with Gasteiger partial charge in [-0.25, -0.2) is 4.98 Å².